The van der Waals surface area contributed by atoms with Gasteiger partial charge in [-0.25, -0.2) is 9.18 Å². The number of imidazole rings is 1. The molecule has 0 radical (unpaired) electrons. The number of hydrogen-bond donors (Lipinski definition) is 2. The first-order valence-electron chi connectivity index (χ1n) is 6.53. The Balaban J connectivity index is 1.90. The molecule has 1 aliphatic rings. The second-order valence-electron chi connectivity index (χ2n) is 5.16. The molecule has 1 aliphatic carbocycles. The van der Waals surface area contributed by atoms with Crippen molar-refractivity contribution >= 4 is 22.6 Å². The highest BCUT2D eigenvalue weighted by atomic mass is 19.4. The van der Waals surface area contributed by atoms with E-state index in [-0.39, 0.29) is 17.4 Å². The molecule has 22 heavy (non-hydrogen) atoms. The van der Waals surface area contributed by atoms with Crippen molar-refractivity contribution in [1.82, 2.24) is 9.55 Å². The Kier molecular flexibility index (Phi) is 3.22. The Morgan fingerprint density at radius 3 is 2.64 bits per heavy atom. The molecule has 1 saturated carbocycles. The number of fused-ring (bicyclic) bond motifs is 1. The van der Waals surface area contributed by atoms with Gasteiger partial charge in [0.2, 0.25) is 0 Å². The van der Waals surface area contributed by atoms with Crippen LogP contribution >= 0.6 is 0 Å². The molecular weight excluding hydrogens is 306 g/mol. The highest BCUT2D eigenvalue weighted by molar-refractivity contribution is 5.96. The first kappa shape index (κ1) is 14.6. The van der Waals surface area contributed by atoms with Crippen LogP contribution in [0.2, 0.25) is 0 Å². The summed E-state index contributed by atoms with van der Waals surface area (Å²) in [5.41, 5.74) is 0.646. The molecule has 2 aromatic rings. The maximum atomic E-state index is 12.9. The summed E-state index contributed by atoms with van der Waals surface area (Å²) in [5.74, 6) is -1.79. The van der Waals surface area contributed by atoms with Gasteiger partial charge in [-0.2, -0.15) is 13.2 Å². The fraction of sp³-hybridized carbons (Fsp3) is 0.385. The maximum Gasteiger partial charge on any atom is 0.428 e. The summed E-state index contributed by atoms with van der Waals surface area (Å²) in [6.45, 7) is 0. The lowest BCUT2D eigenvalue weighted by Gasteiger charge is -2.12. The molecule has 1 unspecified atom stereocenters. The number of rotatable bonds is 3. The van der Waals surface area contributed by atoms with Crippen molar-refractivity contribution in [2.75, 3.05) is 5.32 Å². The third kappa shape index (κ3) is 2.58. The van der Waals surface area contributed by atoms with Gasteiger partial charge in [0.05, 0.1) is 11.0 Å². The molecule has 1 aromatic heterocycles. The van der Waals surface area contributed by atoms with Gasteiger partial charge in [-0.05, 0) is 31.0 Å². The molecule has 0 aliphatic heterocycles. The molecule has 2 N–H and O–H groups in total. The van der Waals surface area contributed by atoms with Crippen molar-refractivity contribution in [1.29, 1.82) is 0 Å². The highest BCUT2D eigenvalue weighted by Gasteiger charge is 2.45. The summed E-state index contributed by atoms with van der Waals surface area (Å²) < 4.78 is 50.9. The van der Waals surface area contributed by atoms with Gasteiger partial charge in [-0.3, -0.25) is 9.36 Å². The minimum absolute atomic E-state index is 0.00204. The number of carbonyl (C=O) groups is 1. The summed E-state index contributed by atoms with van der Waals surface area (Å²) in [4.78, 5) is 25.7. The van der Waals surface area contributed by atoms with Gasteiger partial charge >= 0.3 is 11.9 Å². The monoisotopic (exact) mass is 317 g/mol. The van der Waals surface area contributed by atoms with Gasteiger partial charge in [-0.1, -0.05) is 0 Å². The third-order valence-electron chi connectivity index (χ3n) is 3.41. The van der Waals surface area contributed by atoms with Gasteiger partial charge in [0, 0.05) is 11.7 Å². The topological polar surface area (TPSA) is 66.9 Å². The molecule has 0 spiro atoms. The quantitative estimate of drug-likeness (QED) is 0.854. The molecule has 0 saturated heterocycles. The standard InChI is InChI=1S/C13H11F4N3O2/c14-10(13(15,16)17)11(21)18-6-1-4-8-9(5-6)20(7-2-3-7)12(22)19-8/h1,4-5,7,10H,2-3H2,(H,18,21)(H,19,22). The number of aromatic amines is 1. The SMILES string of the molecule is O=C(Nc1ccc2[nH]c(=O)n(C3CC3)c2c1)C(F)C(F)(F)F. The third-order valence-corrected chi connectivity index (χ3v) is 3.41. The number of alkyl halides is 4. The fourth-order valence-corrected chi connectivity index (χ4v) is 2.25. The van der Waals surface area contributed by atoms with Crippen molar-refractivity contribution in [3.8, 4) is 0 Å². The zero-order valence-corrected chi connectivity index (χ0v) is 11.1. The van der Waals surface area contributed by atoms with Gasteiger partial charge in [0.1, 0.15) is 0 Å². The van der Waals surface area contributed by atoms with Crippen LogP contribution < -0.4 is 11.0 Å². The van der Waals surface area contributed by atoms with Crippen molar-refractivity contribution in [3.63, 3.8) is 0 Å². The summed E-state index contributed by atoms with van der Waals surface area (Å²) in [6, 6.07) is 4.16. The first-order chi connectivity index (χ1) is 10.3. The number of hydrogen-bond acceptors (Lipinski definition) is 2. The smallest absolute Gasteiger partial charge is 0.323 e. The van der Waals surface area contributed by atoms with E-state index in [4.69, 9.17) is 0 Å². The molecule has 5 nitrogen and oxygen atoms in total. The lowest BCUT2D eigenvalue weighted by atomic mass is 10.2. The number of amides is 1. The Bertz CT molecular complexity index is 789. The lowest BCUT2D eigenvalue weighted by Crippen LogP contribution is -2.36. The predicted molar refractivity (Wildman–Crippen MR) is 70.4 cm³/mol. The summed E-state index contributed by atoms with van der Waals surface area (Å²) in [6.07, 6.45) is -7.17. The average molecular weight is 317 g/mol. The summed E-state index contributed by atoms with van der Waals surface area (Å²) >= 11 is 0. The number of H-pyrrole nitrogens is 1. The molecule has 1 atom stereocenters. The van der Waals surface area contributed by atoms with E-state index in [1.807, 2.05) is 5.32 Å². The minimum atomic E-state index is -5.25. The number of benzene rings is 1. The first-order valence-corrected chi connectivity index (χ1v) is 6.53. The minimum Gasteiger partial charge on any atom is -0.323 e. The number of nitrogens with one attached hydrogen (secondary N) is 2. The fourth-order valence-electron chi connectivity index (χ4n) is 2.25. The van der Waals surface area contributed by atoms with Crippen LogP contribution in [0, 0.1) is 0 Å². The molecule has 1 fully saturated rings. The molecule has 0 bridgehead atoms. The van der Waals surface area contributed by atoms with Gasteiger partial charge in [-0.15, -0.1) is 0 Å². The largest absolute Gasteiger partial charge is 0.428 e. The molecule has 118 valence electrons. The Hall–Kier alpha value is -2.32. The second kappa shape index (κ2) is 4.85. The number of nitrogens with zero attached hydrogens (tertiary/aromatic N) is 1. The van der Waals surface area contributed by atoms with E-state index in [1.54, 1.807) is 0 Å². The van der Waals surface area contributed by atoms with E-state index < -0.39 is 18.3 Å². The van der Waals surface area contributed by atoms with E-state index in [1.165, 1.54) is 22.8 Å². The van der Waals surface area contributed by atoms with Crippen molar-refractivity contribution in [2.45, 2.75) is 31.2 Å². The maximum absolute atomic E-state index is 12.9. The Morgan fingerprint density at radius 2 is 2.05 bits per heavy atom. The van der Waals surface area contributed by atoms with Crippen LogP contribution in [0.5, 0.6) is 0 Å². The van der Waals surface area contributed by atoms with Crippen molar-refractivity contribution < 1.29 is 22.4 Å². The van der Waals surface area contributed by atoms with Crippen LogP contribution in [0.4, 0.5) is 23.2 Å². The Labute approximate surface area is 120 Å². The lowest BCUT2D eigenvalue weighted by molar-refractivity contribution is -0.183. The normalized spacial score (nSPS) is 16.7. The average Bonchev–Trinajstić information content (AvgIpc) is 3.19. The number of carbonyl (C=O) groups excluding carboxylic acids is 1. The second-order valence-corrected chi connectivity index (χ2v) is 5.16. The van der Waals surface area contributed by atoms with E-state index in [0.717, 1.165) is 12.8 Å². The van der Waals surface area contributed by atoms with Crippen LogP contribution in [-0.2, 0) is 4.79 Å². The molecular formula is C13H11F4N3O2. The van der Waals surface area contributed by atoms with E-state index in [9.17, 15) is 27.2 Å². The Morgan fingerprint density at radius 1 is 1.36 bits per heavy atom. The number of halogens is 4. The molecule has 1 amide bonds. The zero-order valence-electron chi connectivity index (χ0n) is 11.1. The van der Waals surface area contributed by atoms with Gasteiger partial charge < -0.3 is 10.3 Å². The van der Waals surface area contributed by atoms with Crippen LogP contribution in [0.3, 0.4) is 0 Å². The van der Waals surface area contributed by atoms with Crippen LogP contribution in [0.1, 0.15) is 18.9 Å². The molecule has 1 aromatic carbocycles. The number of anilines is 1. The van der Waals surface area contributed by atoms with Crippen LogP contribution in [0.25, 0.3) is 11.0 Å². The molecule has 3 rings (SSSR count). The zero-order chi connectivity index (χ0) is 16.1. The molecule has 1 heterocycles. The summed E-state index contributed by atoms with van der Waals surface area (Å²) in [5, 5.41) is 1.87. The van der Waals surface area contributed by atoms with Gasteiger partial charge in [0.25, 0.3) is 12.1 Å². The van der Waals surface area contributed by atoms with E-state index in [0.29, 0.717) is 11.0 Å². The van der Waals surface area contributed by atoms with E-state index >= 15 is 0 Å². The van der Waals surface area contributed by atoms with Gasteiger partial charge in [0.15, 0.2) is 0 Å². The van der Waals surface area contributed by atoms with Crippen molar-refractivity contribution in [2.24, 2.45) is 0 Å². The number of aromatic nitrogens is 2. The molecule has 9 heteroatoms. The predicted octanol–water partition coefficient (Wildman–Crippen LogP) is 2.50. The summed E-state index contributed by atoms with van der Waals surface area (Å²) in [7, 11) is 0. The highest BCUT2D eigenvalue weighted by Crippen LogP contribution is 2.36. The van der Waals surface area contributed by atoms with Crippen LogP contribution in [0.15, 0.2) is 23.0 Å². The van der Waals surface area contributed by atoms with Crippen molar-refractivity contribution in [3.05, 3.63) is 28.7 Å². The van der Waals surface area contributed by atoms with Crippen LogP contribution in [-0.4, -0.2) is 27.8 Å². The van der Waals surface area contributed by atoms with E-state index in [2.05, 4.69) is 4.98 Å².